The Balaban J connectivity index is 0.00000154. The van der Waals surface area contributed by atoms with Crippen molar-refractivity contribution in [3.8, 4) is 0 Å². The van der Waals surface area contributed by atoms with Crippen LogP contribution in [-0.2, 0) is 16.1 Å². The topological polar surface area (TPSA) is 52.3 Å². The molecule has 1 rings (SSSR count). The molecule has 0 fully saturated rings. The van der Waals surface area contributed by atoms with Crippen LogP contribution < -0.4 is 5.73 Å². The van der Waals surface area contributed by atoms with E-state index in [4.69, 9.17) is 10.5 Å². The minimum atomic E-state index is -0.830. The number of hydrogen-bond acceptors (Lipinski definition) is 3. The van der Waals surface area contributed by atoms with Crippen LogP contribution in [0, 0.1) is 0 Å². The number of nitrogens with two attached hydrogens (primary N) is 1. The van der Waals surface area contributed by atoms with Crippen molar-refractivity contribution in [3.05, 3.63) is 35.9 Å². The van der Waals surface area contributed by atoms with E-state index >= 15 is 0 Å². The lowest BCUT2D eigenvalue weighted by atomic mass is 9.92. The van der Waals surface area contributed by atoms with Crippen molar-refractivity contribution in [1.82, 2.24) is 0 Å². The summed E-state index contributed by atoms with van der Waals surface area (Å²) >= 11 is 0. The summed E-state index contributed by atoms with van der Waals surface area (Å²) in [5.74, 6) is -0.300. The Morgan fingerprint density at radius 3 is 2.26 bits per heavy atom. The normalized spacial score (nSPS) is 12.9. The molecule has 0 heterocycles. The van der Waals surface area contributed by atoms with E-state index in [1.807, 2.05) is 58.0 Å². The molecule has 1 unspecified atom stereocenters. The zero-order chi connectivity index (χ0) is 14.7. The van der Waals surface area contributed by atoms with Gasteiger partial charge in [0.1, 0.15) is 12.1 Å². The van der Waals surface area contributed by atoms with Gasteiger partial charge in [-0.1, -0.05) is 64.4 Å². The standard InChI is InChI=1S/C14H21NO2.C2H6/c1-3-10-14(15,4-2)13(16)17-11-12-8-6-5-7-9-12;1-2/h5-9H,3-4,10-11,15H2,1-2H3;1-2H3. The van der Waals surface area contributed by atoms with E-state index in [1.165, 1.54) is 0 Å². The summed E-state index contributed by atoms with van der Waals surface area (Å²) in [6.07, 6.45) is 2.15. The lowest BCUT2D eigenvalue weighted by Gasteiger charge is -2.25. The van der Waals surface area contributed by atoms with Crippen LogP contribution in [0.3, 0.4) is 0 Å². The Morgan fingerprint density at radius 1 is 1.21 bits per heavy atom. The summed E-state index contributed by atoms with van der Waals surface area (Å²) in [5, 5.41) is 0. The molecule has 0 saturated carbocycles. The number of carbonyl (C=O) groups excluding carboxylic acids is 1. The van der Waals surface area contributed by atoms with E-state index in [9.17, 15) is 4.79 Å². The van der Waals surface area contributed by atoms with E-state index in [0.29, 0.717) is 19.4 Å². The molecule has 19 heavy (non-hydrogen) atoms. The first-order valence-electron chi connectivity index (χ1n) is 7.12. The van der Waals surface area contributed by atoms with Gasteiger partial charge in [-0.25, -0.2) is 0 Å². The van der Waals surface area contributed by atoms with E-state index in [2.05, 4.69) is 0 Å². The Kier molecular flexibility index (Phi) is 8.88. The molecule has 0 bridgehead atoms. The molecule has 0 radical (unpaired) electrons. The number of rotatable bonds is 6. The molecule has 0 aromatic heterocycles. The van der Waals surface area contributed by atoms with Crippen molar-refractivity contribution in [3.63, 3.8) is 0 Å². The minimum absolute atomic E-state index is 0.294. The molecule has 0 amide bonds. The van der Waals surface area contributed by atoms with Gasteiger partial charge in [0.15, 0.2) is 0 Å². The molecule has 1 atom stereocenters. The molecule has 108 valence electrons. The van der Waals surface area contributed by atoms with E-state index < -0.39 is 5.54 Å². The summed E-state index contributed by atoms with van der Waals surface area (Å²) in [4.78, 5) is 11.9. The van der Waals surface area contributed by atoms with E-state index in [-0.39, 0.29) is 5.97 Å². The van der Waals surface area contributed by atoms with Crippen molar-refractivity contribution in [2.45, 2.75) is 59.1 Å². The first-order valence-corrected chi connectivity index (χ1v) is 7.12. The lowest BCUT2D eigenvalue weighted by Crippen LogP contribution is -2.48. The van der Waals surface area contributed by atoms with Crippen LogP contribution in [0.1, 0.15) is 52.5 Å². The highest BCUT2D eigenvalue weighted by Crippen LogP contribution is 2.17. The van der Waals surface area contributed by atoms with Crippen LogP contribution in [0.25, 0.3) is 0 Å². The Hall–Kier alpha value is -1.35. The number of esters is 1. The number of carbonyl (C=O) groups is 1. The van der Waals surface area contributed by atoms with Crippen molar-refractivity contribution >= 4 is 5.97 Å². The summed E-state index contributed by atoms with van der Waals surface area (Å²) < 4.78 is 5.27. The third kappa shape index (κ3) is 5.88. The molecule has 3 nitrogen and oxygen atoms in total. The molecular weight excluding hydrogens is 238 g/mol. The van der Waals surface area contributed by atoms with Gasteiger partial charge in [-0.15, -0.1) is 0 Å². The lowest BCUT2D eigenvalue weighted by molar-refractivity contribution is -0.152. The maximum atomic E-state index is 11.9. The maximum Gasteiger partial charge on any atom is 0.326 e. The molecule has 0 aliphatic carbocycles. The number of ether oxygens (including phenoxy) is 1. The Bertz CT molecular complexity index is 351. The summed E-state index contributed by atoms with van der Waals surface area (Å²) in [6, 6.07) is 9.63. The first kappa shape index (κ1) is 17.6. The van der Waals surface area contributed by atoms with E-state index in [1.54, 1.807) is 0 Å². The summed E-state index contributed by atoms with van der Waals surface area (Å²) in [7, 11) is 0. The third-order valence-corrected chi connectivity index (χ3v) is 2.95. The SMILES string of the molecule is CC.CCCC(N)(CC)C(=O)OCc1ccccc1. The van der Waals surface area contributed by atoms with Crippen molar-refractivity contribution in [2.75, 3.05) is 0 Å². The van der Waals surface area contributed by atoms with Gasteiger partial charge in [0.2, 0.25) is 0 Å². The molecule has 1 aromatic carbocycles. The van der Waals surface area contributed by atoms with Gasteiger partial charge in [0.25, 0.3) is 0 Å². The second kappa shape index (κ2) is 9.56. The van der Waals surface area contributed by atoms with Crippen molar-refractivity contribution in [2.24, 2.45) is 5.73 Å². The largest absolute Gasteiger partial charge is 0.459 e. The van der Waals surface area contributed by atoms with Crippen LogP contribution in [0.5, 0.6) is 0 Å². The van der Waals surface area contributed by atoms with Crippen LogP contribution in [0.4, 0.5) is 0 Å². The first-order chi connectivity index (χ1) is 9.12. The average Bonchev–Trinajstić information content (AvgIpc) is 2.48. The summed E-state index contributed by atoms with van der Waals surface area (Å²) in [5.41, 5.74) is 6.19. The Labute approximate surface area is 117 Å². The van der Waals surface area contributed by atoms with Crippen LogP contribution in [0.15, 0.2) is 30.3 Å². The molecule has 2 N–H and O–H groups in total. The molecule has 0 aliphatic rings. The second-order valence-electron chi connectivity index (χ2n) is 4.32. The van der Waals surface area contributed by atoms with Gasteiger partial charge in [-0.05, 0) is 18.4 Å². The maximum absolute atomic E-state index is 11.9. The number of hydrogen-bond donors (Lipinski definition) is 1. The molecule has 0 spiro atoms. The van der Waals surface area contributed by atoms with Gasteiger partial charge in [0, 0.05) is 0 Å². The van der Waals surface area contributed by atoms with Gasteiger partial charge < -0.3 is 10.5 Å². The van der Waals surface area contributed by atoms with Crippen LogP contribution in [-0.4, -0.2) is 11.5 Å². The monoisotopic (exact) mass is 265 g/mol. The van der Waals surface area contributed by atoms with Crippen LogP contribution in [0.2, 0.25) is 0 Å². The fourth-order valence-electron chi connectivity index (χ4n) is 1.74. The fraction of sp³-hybridized carbons (Fsp3) is 0.562. The van der Waals surface area contributed by atoms with E-state index in [0.717, 1.165) is 12.0 Å². The highest BCUT2D eigenvalue weighted by atomic mass is 16.5. The van der Waals surface area contributed by atoms with Gasteiger partial charge in [0.05, 0.1) is 0 Å². The molecular formula is C16H27NO2. The predicted molar refractivity (Wildman–Crippen MR) is 79.7 cm³/mol. The molecule has 0 saturated heterocycles. The van der Waals surface area contributed by atoms with Gasteiger partial charge in [-0.2, -0.15) is 0 Å². The second-order valence-corrected chi connectivity index (χ2v) is 4.32. The smallest absolute Gasteiger partial charge is 0.326 e. The van der Waals surface area contributed by atoms with Gasteiger partial charge >= 0.3 is 5.97 Å². The molecule has 1 aromatic rings. The van der Waals surface area contributed by atoms with Crippen LogP contribution >= 0.6 is 0 Å². The zero-order valence-corrected chi connectivity index (χ0v) is 12.6. The molecule has 0 aliphatic heterocycles. The Morgan fingerprint density at radius 2 is 1.79 bits per heavy atom. The predicted octanol–water partition coefficient (Wildman–Crippen LogP) is 3.66. The fourth-order valence-corrected chi connectivity index (χ4v) is 1.74. The van der Waals surface area contributed by atoms with Gasteiger partial charge in [-0.3, -0.25) is 4.79 Å². The summed E-state index contributed by atoms with van der Waals surface area (Å²) in [6.45, 7) is 8.23. The highest BCUT2D eigenvalue weighted by molar-refractivity contribution is 5.80. The zero-order valence-electron chi connectivity index (χ0n) is 12.6. The average molecular weight is 265 g/mol. The third-order valence-electron chi connectivity index (χ3n) is 2.95. The van der Waals surface area contributed by atoms with Crippen molar-refractivity contribution < 1.29 is 9.53 Å². The number of benzene rings is 1. The highest BCUT2D eigenvalue weighted by Gasteiger charge is 2.32. The minimum Gasteiger partial charge on any atom is -0.459 e. The quantitative estimate of drug-likeness (QED) is 0.798. The molecule has 3 heteroatoms. The van der Waals surface area contributed by atoms with Crippen molar-refractivity contribution in [1.29, 1.82) is 0 Å².